The first kappa shape index (κ1) is 28.4. The third-order valence-corrected chi connectivity index (χ3v) is 5.62. The lowest BCUT2D eigenvalue weighted by Crippen LogP contribution is -2.29. The quantitative estimate of drug-likeness (QED) is 0.201. The van der Waals surface area contributed by atoms with Crippen molar-refractivity contribution in [2.24, 2.45) is 0 Å². The van der Waals surface area contributed by atoms with Gasteiger partial charge in [0, 0.05) is 19.2 Å². The molecule has 0 amide bonds. The van der Waals surface area contributed by atoms with Crippen molar-refractivity contribution in [3.63, 3.8) is 0 Å². The molecule has 0 bridgehead atoms. The molecule has 8 nitrogen and oxygen atoms in total. The van der Waals surface area contributed by atoms with E-state index >= 15 is 0 Å². The van der Waals surface area contributed by atoms with Crippen molar-refractivity contribution in [1.29, 1.82) is 5.26 Å². The van der Waals surface area contributed by atoms with Crippen LogP contribution >= 0.6 is 11.6 Å². The summed E-state index contributed by atoms with van der Waals surface area (Å²) in [5, 5.41) is 20.9. The second-order valence-corrected chi connectivity index (χ2v) is 8.44. The normalized spacial score (nSPS) is 12.8. The SMILES string of the molecule is COCc1cccc(C(C#N)C(=O)C(C)Oc2cc(Oc3ccc(C(F)(F)F)cc3Cl)ccc2[N+](=O)[O-])c1. The highest BCUT2D eigenvalue weighted by atomic mass is 35.5. The largest absolute Gasteiger partial charge is 0.476 e. The molecule has 3 rings (SSSR count). The van der Waals surface area contributed by atoms with Gasteiger partial charge in [0.05, 0.1) is 28.2 Å². The second-order valence-electron chi connectivity index (χ2n) is 8.03. The minimum absolute atomic E-state index is 0.0454. The van der Waals surface area contributed by atoms with Crippen LogP contribution in [-0.2, 0) is 22.3 Å². The van der Waals surface area contributed by atoms with Crippen molar-refractivity contribution in [2.75, 3.05) is 7.11 Å². The number of nitriles is 1. The van der Waals surface area contributed by atoms with Crippen LogP contribution in [0, 0.1) is 21.4 Å². The number of hydrogen-bond donors (Lipinski definition) is 0. The number of rotatable bonds is 10. The fourth-order valence-corrected chi connectivity index (χ4v) is 3.72. The molecule has 2 unspecified atom stereocenters. The summed E-state index contributed by atoms with van der Waals surface area (Å²) in [4.78, 5) is 23.9. The number of nitro groups is 1. The molecular weight excluding hydrogens is 529 g/mol. The van der Waals surface area contributed by atoms with E-state index in [1.807, 2.05) is 6.07 Å². The first-order valence-corrected chi connectivity index (χ1v) is 11.3. The van der Waals surface area contributed by atoms with Crippen molar-refractivity contribution >= 4 is 23.1 Å². The number of carbonyl (C=O) groups excluding carboxylic acids is 1. The zero-order valence-corrected chi connectivity index (χ0v) is 20.7. The Morgan fingerprint density at radius 2 is 1.87 bits per heavy atom. The maximum Gasteiger partial charge on any atom is 0.416 e. The van der Waals surface area contributed by atoms with E-state index in [1.165, 1.54) is 20.1 Å². The maximum absolute atomic E-state index is 13.1. The summed E-state index contributed by atoms with van der Waals surface area (Å²) in [7, 11) is 1.51. The average Bonchev–Trinajstić information content (AvgIpc) is 2.85. The van der Waals surface area contributed by atoms with Gasteiger partial charge in [-0.2, -0.15) is 18.4 Å². The molecular formula is C26H20ClF3N2O6. The van der Waals surface area contributed by atoms with E-state index in [-0.39, 0.29) is 28.9 Å². The van der Waals surface area contributed by atoms with Crippen LogP contribution < -0.4 is 9.47 Å². The van der Waals surface area contributed by atoms with Crippen molar-refractivity contribution in [2.45, 2.75) is 31.7 Å². The van der Waals surface area contributed by atoms with Gasteiger partial charge in [-0.25, -0.2) is 0 Å². The summed E-state index contributed by atoms with van der Waals surface area (Å²) in [6.45, 7) is 1.61. The molecule has 3 aromatic rings. The number of nitrogens with zero attached hydrogens (tertiary/aromatic N) is 2. The maximum atomic E-state index is 13.1. The van der Waals surface area contributed by atoms with Crippen LogP contribution in [0.5, 0.6) is 17.2 Å². The Morgan fingerprint density at radius 1 is 1.13 bits per heavy atom. The molecule has 0 fully saturated rings. The molecule has 2 atom stereocenters. The summed E-state index contributed by atoms with van der Waals surface area (Å²) in [5.41, 5.74) is -0.319. The molecule has 0 aliphatic carbocycles. The van der Waals surface area contributed by atoms with E-state index in [9.17, 15) is 33.3 Å². The lowest BCUT2D eigenvalue weighted by molar-refractivity contribution is -0.386. The molecule has 0 aromatic heterocycles. The Kier molecular flexibility index (Phi) is 8.93. The highest BCUT2D eigenvalue weighted by Crippen LogP contribution is 2.39. The van der Waals surface area contributed by atoms with Gasteiger partial charge in [0.25, 0.3) is 0 Å². The van der Waals surface area contributed by atoms with Gasteiger partial charge in [0.2, 0.25) is 5.75 Å². The summed E-state index contributed by atoms with van der Waals surface area (Å²) in [6.07, 6.45) is -5.89. The van der Waals surface area contributed by atoms with Crippen LogP contribution in [0.25, 0.3) is 0 Å². The number of alkyl halides is 3. The van der Waals surface area contributed by atoms with Gasteiger partial charge in [0.15, 0.2) is 11.9 Å². The Bertz CT molecular complexity index is 1390. The predicted molar refractivity (Wildman–Crippen MR) is 130 cm³/mol. The minimum atomic E-state index is -4.61. The van der Waals surface area contributed by atoms with Crippen molar-refractivity contribution in [1.82, 2.24) is 0 Å². The third-order valence-electron chi connectivity index (χ3n) is 5.33. The Labute approximate surface area is 220 Å². The van der Waals surface area contributed by atoms with Crippen LogP contribution in [0.2, 0.25) is 5.02 Å². The van der Waals surface area contributed by atoms with Crippen molar-refractivity contribution in [3.05, 3.63) is 92.5 Å². The van der Waals surface area contributed by atoms with Gasteiger partial charge in [-0.3, -0.25) is 14.9 Å². The number of halogens is 4. The van der Waals surface area contributed by atoms with Crippen molar-refractivity contribution < 1.29 is 37.1 Å². The zero-order chi connectivity index (χ0) is 28.0. The van der Waals surface area contributed by atoms with E-state index < -0.39 is 40.2 Å². The molecule has 0 saturated carbocycles. The van der Waals surface area contributed by atoms with Gasteiger partial charge in [-0.1, -0.05) is 35.9 Å². The molecule has 0 radical (unpaired) electrons. The van der Waals surface area contributed by atoms with Crippen LogP contribution in [0.15, 0.2) is 60.7 Å². The molecule has 0 spiro atoms. The molecule has 0 N–H and O–H groups in total. The highest BCUT2D eigenvalue weighted by molar-refractivity contribution is 6.32. The fourth-order valence-electron chi connectivity index (χ4n) is 3.50. The van der Waals surface area contributed by atoms with E-state index in [1.54, 1.807) is 24.3 Å². The monoisotopic (exact) mass is 548 g/mol. The summed E-state index contributed by atoms with van der Waals surface area (Å²) >= 11 is 5.93. The lowest BCUT2D eigenvalue weighted by atomic mass is 9.92. The third kappa shape index (κ3) is 6.79. The predicted octanol–water partition coefficient (Wildman–Crippen LogP) is 6.85. The number of benzene rings is 3. The minimum Gasteiger partial charge on any atom is -0.476 e. The van der Waals surface area contributed by atoms with E-state index in [0.29, 0.717) is 11.6 Å². The standard InChI is InChI=1S/C26H20ClF3N2O6/c1-15(25(33)20(13-31)17-5-3-4-16(10-17)14-36-2)37-24-12-19(7-8-22(24)32(34)35)38-23-9-6-18(11-21(23)27)26(28,29)30/h3-12,15,20H,14H2,1-2H3. The Balaban J connectivity index is 1.86. The topological polar surface area (TPSA) is 112 Å². The van der Waals surface area contributed by atoms with Crippen LogP contribution in [-0.4, -0.2) is 23.9 Å². The van der Waals surface area contributed by atoms with Gasteiger partial charge >= 0.3 is 11.9 Å². The second kappa shape index (κ2) is 11.9. The zero-order valence-electron chi connectivity index (χ0n) is 20.0. The molecule has 0 saturated heterocycles. The van der Waals surface area contributed by atoms with E-state index in [2.05, 4.69) is 0 Å². The number of ketones is 1. The number of Topliss-reactive ketones (excluding diaryl/α,β-unsaturated/α-hetero) is 1. The van der Waals surface area contributed by atoms with E-state index in [4.69, 9.17) is 25.8 Å². The van der Waals surface area contributed by atoms with E-state index in [0.717, 1.165) is 29.8 Å². The molecule has 0 heterocycles. The van der Waals surface area contributed by atoms with Gasteiger partial charge in [-0.05, 0) is 42.3 Å². The molecule has 12 heteroatoms. The van der Waals surface area contributed by atoms with Gasteiger partial charge in [-0.15, -0.1) is 0 Å². The first-order chi connectivity index (χ1) is 17.9. The van der Waals surface area contributed by atoms with Crippen LogP contribution in [0.3, 0.4) is 0 Å². The van der Waals surface area contributed by atoms with Crippen LogP contribution in [0.4, 0.5) is 18.9 Å². The lowest BCUT2D eigenvalue weighted by Gasteiger charge is -2.18. The average molecular weight is 549 g/mol. The Morgan fingerprint density at radius 3 is 2.47 bits per heavy atom. The Hall–Kier alpha value is -4.14. The summed E-state index contributed by atoms with van der Waals surface area (Å²) in [6, 6.07) is 14.4. The number of ether oxygens (including phenoxy) is 3. The number of methoxy groups -OCH3 is 1. The van der Waals surface area contributed by atoms with Gasteiger partial charge in [0.1, 0.15) is 17.4 Å². The fraction of sp³-hybridized carbons (Fsp3) is 0.231. The summed E-state index contributed by atoms with van der Waals surface area (Å²) in [5.74, 6) is -2.39. The molecule has 3 aromatic carbocycles. The van der Waals surface area contributed by atoms with Crippen molar-refractivity contribution in [3.8, 4) is 23.3 Å². The molecule has 198 valence electrons. The highest BCUT2D eigenvalue weighted by Gasteiger charge is 2.32. The van der Waals surface area contributed by atoms with Gasteiger partial charge < -0.3 is 14.2 Å². The molecule has 0 aliphatic heterocycles. The summed E-state index contributed by atoms with van der Waals surface area (Å²) < 4.78 is 54.9. The first-order valence-electron chi connectivity index (χ1n) is 11.0. The molecule has 0 aliphatic rings. The smallest absolute Gasteiger partial charge is 0.416 e. The molecule has 38 heavy (non-hydrogen) atoms. The van der Waals surface area contributed by atoms with Crippen LogP contribution in [0.1, 0.15) is 29.5 Å². The number of nitro benzene ring substituents is 1. The number of carbonyl (C=O) groups is 1. The number of hydrogen-bond acceptors (Lipinski definition) is 7.